The number of hydrogen-bond acceptors (Lipinski definition) is 2. The molecule has 1 saturated heterocycles. The Morgan fingerprint density at radius 2 is 1.75 bits per heavy atom. The van der Waals surface area contributed by atoms with Crippen LogP contribution in [0.1, 0.15) is 52.9 Å². The van der Waals surface area contributed by atoms with E-state index in [1.165, 1.54) is 45.2 Å². The largest absolute Gasteiger partial charge is 0.329 e. The van der Waals surface area contributed by atoms with Crippen LogP contribution in [-0.2, 0) is 0 Å². The normalized spacial score (nSPS) is 27.8. The molecule has 2 fully saturated rings. The van der Waals surface area contributed by atoms with Crippen molar-refractivity contribution in [1.29, 1.82) is 0 Å². The van der Waals surface area contributed by atoms with Crippen LogP contribution in [0, 0.1) is 11.3 Å². The van der Waals surface area contributed by atoms with Crippen LogP contribution in [0.15, 0.2) is 0 Å². The topological polar surface area (TPSA) is 29.3 Å². The molecule has 0 spiro atoms. The third-order valence-corrected chi connectivity index (χ3v) is 5.05. The monoisotopic (exact) mass is 224 g/mol. The zero-order valence-electron chi connectivity index (χ0n) is 11.3. The van der Waals surface area contributed by atoms with Crippen LogP contribution in [0.4, 0.5) is 0 Å². The van der Waals surface area contributed by atoms with E-state index in [4.69, 9.17) is 5.73 Å². The van der Waals surface area contributed by atoms with Crippen molar-refractivity contribution in [3.63, 3.8) is 0 Å². The van der Waals surface area contributed by atoms with Gasteiger partial charge in [0, 0.05) is 12.1 Å². The van der Waals surface area contributed by atoms with Gasteiger partial charge in [-0.25, -0.2) is 0 Å². The molecule has 0 atom stereocenters. The second-order valence-electron chi connectivity index (χ2n) is 6.91. The van der Waals surface area contributed by atoms with Crippen LogP contribution in [0.25, 0.3) is 0 Å². The maximum atomic E-state index is 5.98. The van der Waals surface area contributed by atoms with Gasteiger partial charge < -0.3 is 5.73 Å². The summed E-state index contributed by atoms with van der Waals surface area (Å²) in [5.41, 5.74) is 6.87. The third-order valence-electron chi connectivity index (χ3n) is 5.05. The highest BCUT2D eigenvalue weighted by molar-refractivity contribution is 5.00. The Balaban J connectivity index is 1.90. The summed E-state index contributed by atoms with van der Waals surface area (Å²) in [6.45, 7) is 10.6. The maximum absolute atomic E-state index is 5.98. The smallest absolute Gasteiger partial charge is 0.0331 e. The minimum Gasteiger partial charge on any atom is -0.329 e. The lowest BCUT2D eigenvalue weighted by Gasteiger charge is -2.53. The Bertz CT molecular complexity index is 224. The fraction of sp³-hybridized carbons (Fsp3) is 1.00. The molecular formula is C14H28N2. The minimum absolute atomic E-state index is 0.406. The zero-order valence-corrected chi connectivity index (χ0v) is 11.3. The first-order chi connectivity index (χ1) is 7.48. The van der Waals surface area contributed by atoms with Crippen LogP contribution in [-0.4, -0.2) is 30.1 Å². The van der Waals surface area contributed by atoms with E-state index in [0.29, 0.717) is 11.0 Å². The van der Waals surface area contributed by atoms with Crippen LogP contribution >= 0.6 is 0 Å². The van der Waals surface area contributed by atoms with Gasteiger partial charge in [0.1, 0.15) is 0 Å². The predicted molar refractivity (Wildman–Crippen MR) is 69.4 cm³/mol. The predicted octanol–water partition coefficient (Wildman–Crippen LogP) is 2.63. The van der Waals surface area contributed by atoms with E-state index in [9.17, 15) is 0 Å². The highest BCUT2D eigenvalue weighted by atomic mass is 15.2. The van der Waals surface area contributed by atoms with E-state index >= 15 is 0 Å². The Hall–Kier alpha value is -0.0800. The molecule has 0 amide bonds. The van der Waals surface area contributed by atoms with Gasteiger partial charge in [0.25, 0.3) is 0 Å². The Morgan fingerprint density at radius 3 is 2.06 bits per heavy atom. The van der Waals surface area contributed by atoms with Crippen molar-refractivity contribution in [2.45, 2.75) is 58.4 Å². The van der Waals surface area contributed by atoms with Crippen molar-refractivity contribution in [1.82, 2.24) is 4.90 Å². The molecule has 2 aliphatic rings. The van der Waals surface area contributed by atoms with Crippen LogP contribution in [0.2, 0.25) is 0 Å². The van der Waals surface area contributed by atoms with Gasteiger partial charge in [-0.15, -0.1) is 0 Å². The van der Waals surface area contributed by atoms with Gasteiger partial charge >= 0.3 is 0 Å². The fourth-order valence-corrected chi connectivity index (χ4v) is 3.45. The number of nitrogens with zero attached hydrogens (tertiary/aromatic N) is 1. The number of hydrogen-bond donors (Lipinski definition) is 1. The summed E-state index contributed by atoms with van der Waals surface area (Å²) in [6, 6.07) is 0. The molecule has 16 heavy (non-hydrogen) atoms. The summed E-state index contributed by atoms with van der Waals surface area (Å²) in [7, 11) is 0. The van der Waals surface area contributed by atoms with E-state index in [1.54, 1.807) is 0 Å². The van der Waals surface area contributed by atoms with Gasteiger partial charge in [0.05, 0.1) is 0 Å². The molecule has 94 valence electrons. The molecule has 1 aliphatic carbocycles. The molecule has 0 aromatic carbocycles. The molecular weight excluding hydrogens is 196 g/mol. The fourth-order valence-electron chi connectivity index (χ4n) is 3.45. The summed E-state index contributed by atoms with van der Waals surface area (Å²) in [4.78, 5) is 2.69. The van der Waals surface area contributed by atoms with Crippen LogP contribution < -0.4 is 5.73 Å². The first kappa shape index (κ1) is 12.4. The summed E-state index contributed by atoms with van der Waals surface area (Å²) >= 11 is 0. The van der Waals surface area contributed by atoms with E-state index in [1.807, 2.05) is 0 Å². The zero-order chi connectivity index (χ0) is 11.8. The molecule has 0 aromatic rings. The molecule has 1 heterocycles. The quantitative estimate of drug-likeness (QED) is 0.781. The standard InChI is InChI=1S/C14H28N2/c1-13(2,3)12-5-9-16(10-6-12)14(11-15)7-4-8-14/h12H,4-11,15H2,1-3H3. The van der Waals surface area contributed by atoms with Crippen LogP contribution in [0.5, 0.6) is 0 Å². The van der Waals surface area contributed by atoms with E-state index in [2.05, 4.69) is 25.7 Å². The second-order valence-corrected chi connectivity index (χ2v) is 6.91. The summed E-state index contributed by atoms with van der Waals surface area (Å²) in [5.74, 6) is 0.902. The molecule has 1 aliphatic heterocycles. The molecule has 0 radical (unpaired) electrons. The van der Waals surface area contributed by atoms with E-state index in [0.717, 1.165) is 12.5 Å². The highest BCUT2D eigenvalue weighted by Crippen LogP contribution is 2.41. The van der Waals surface area contributed by atoms with Gasteiger partial charge in [-0.05, 0) is 56.5 Å². The van der Waals surface area contributed by atoms with E-state index < -0.39 is 0 Å². The van der Waals surface area contributed by atoms with Crippen molar-refractivity contribution in [2.75, 3.05) is 19.6 Å². The molecule has 0 bridgehead atoms. The van der Waals surface area contributed by atoms with Gasteiger partial charge in [-0.1, -0.05) is 20.8 Å². The Kier molecular flexibility index (Phi) is 3.33. The molecule has 1 saturated carbocycles. The molecule has 2 N–H and O–H groups in total. The highest BCUT2D eigenvalue weighted by Gasteiger charge is 2.43. The van der Waals surface area contributed by atoms with Crippen molar-refractivity contribution in [3.05, 3.63) is 0 Å². The molecule has 2 rings (SSSR count). The lowest BCUT2D eigenvalue weighted by Crippen LogP contribution is -2.60. The average Bonchev–Trinajstić information content (AvgIpc) is 2.16. The SMILES string of the molecule is CC(C)(C)C1CCN(C2(CN)CCC2)CC1. The van der Waals surface area contributed by atoms with Crippen molar-refractivity contribution >= 4 is 0 Å². The lowest BCUT2D eigenvalue weighted by molar-refractivity contribution is -0.0160. The average molecular weight is 224 g/mol. The number of rotatable bonds is 2. The first-order valence-electron chi connectivity index (χ1n) is 6.93. The molecule has 0 unspecified atom stereocenters. The molecule has 2 nitrogen and oxygen atoms in total. The van der Waals surface area contributed by atoms with Crippen LogP contribution in [0.3, 0.4) is 0 Å². The Labute approximate surface area is 101 Å². The van der Waals surface area contributed by atoms with Gasteiger partial charge in [0.15, 0.2) is 0 Å². The summed E-state index contributed by atoms with van der Waals surface area (Å²) < 4.78 is 0. The van der Waals surface area contributed by atoms with Crippen molar-refractivity contribution in [2.24, 2.45) is 17.1 Å². The van der Waals surface area contributed by atoms with Crippen molar-refractivity contribution < 1.29 is 0 Å². The Morgan fingerprint density at radius 1 is 1.19 bits per heavy atom. The van der Waals surface area contributed by atoms with Gasteiger partial charge in [-0.3, -0.25) is 4.90 Å². The summed E-state index contributed by atoms with van der Waals surface area (Å²) in [5, 5.41) is 0. The maximum Gasteiger partial charge on any atom is 0.0331 e. The first-order valence-corrected chi connectivity index (χ1v) is 6.93. The third kappa shape index (κ3) is 2.14. The second kappa shape index (κ2) is 4.30. The van der Waals surface area contributed by atoms with Gasteiger partial charge in [0.2, 0.25) is 0 Å². The number of likely N-dealkylation sites (tertiary alicyclic amines) is 1. The number of piperidine rings is 1. The lowest BCUT2D eigenvalue weighted by atomic mass is 9.71. The minimum atomic E-state index is 0.406. The van der Waals surface area contributed by atoms with E-state index in [-0.39, 0.29) is 0 Å². The van der Waals surface area contributed by atoms with Crippen molar-refractivity contribution in [3.8, 4) is 0 Å². The number of nitrogens with two attached hydrogens (primary N) is 1. The molecule has 2 heteroatoms. The van der Waals surface area contributed by atoms with Gasteiger partial charge in [-0.2, -0.15) is 0 Å². The molecule has 0 aromatic heterocycles. The summed E-state index contributed by atoms with van der Waals surface area (Å²) in [6.07, 6.45) is 6.79.